The summed E-state index contributed by atoms with van der Waals surface area (Å²) in [5, 5.41) is 8.38. The second-order valence-corrected chi connectivity index (χ2v) is 4.88. The third-order valence-electron chi connectivity index (χ3n) is 3.19. The summed E-state index contributed by atoms with van der Waals surface area (Å²) in [6, 6.07) is 13.3. The van der Waals surface area contributed by atoms with Crippen molar-refractivity contribution >= 4 is 5.91 Å². The fourth-order valence-electron chi connectivity index (χ4n) is 2.08. The molecule has 0 fully saturated rings. The van der Waals surface area contributed by atoms with Crippen molar-refractivity contribution < 1.29 is 4.79 Å². The molecule has 0 aliphatic heterocycles. The number of para-hydroxylation sites is 1. The molecule has 2 heterocycles. The molecular weight excluding hydrogens is 278 g/mol. The Balaban J connectivity index is 1.74. The largest absolute Gasteiger partial charge is 0.336 e. The van der Waals surface area contributed by atoms with Gasteiger partial charge in [0.15, 0.2) is 5.69 Å². The number of pyridine rings is 1. The van der Waals surface area contributed by atoms with Crippen molar-refractivity contribution in [3.63, 3.8) is 0 Å². The zero-order valence-corrected chi connectivity index (χ0v) is 12.1. The highest BCUT2D eigenvalue weighted by Crippen LogP contribution is 2.08. The molecule has 0 radical (unpaired) electrons. The molecular formula is C16H15N5O. The smallest absolute Gasteiger partial charge is 0.276 e. The van der Waals surface area contributed by atoms with Gasteiger partial charge < -0.3 is 4.90 Å². The Hall–Kier alpha value is -3.02. The Morgan fingerprint density at radius 3 is 2.68 bits per heavy atom. The normalized spacial score (nSPS) is 10.4. The summed E-state index contributed by atoms with van der Waals surface area (Å²) >= 11 is 0. The summed E-state index contributed by atoms with van der Waals surface area (Å²) in [6.07, 6.45) is 4.93. The van der Waals surface area contributed by atoms with Crippen molar-refractivity contribution in [2.24, 2.45) is 0 Å². The van der Waals surface area contributed by atoms with Gasteiger partial charge >= 0.3 is 0 Å². The van der Waals surface area contributed by atoms with E-state index in [-0.39, 0.29) is 5.91 Å². The van der Waals surface area contributed by atoms with E-state index in [1.807, 2.05) is 42.5 Å². The Labute approximate surface area is 128 Å². The Kier molecular flexibility index (Phi) is 3.91. The van der Waals surface area contributed by atoms with Crippen LogP contribution in [0.2, 0.25) is 0 Å². The van der Waals surface area contributed by atoms with Gasteiger partial charge in [-0.3, -0.25) is 9.78 Å². The van der Waals surface area contributed by atoms with Crippen LogP contribution < -0.4 is 0 Å². The molecule has 0 N–H and O–H groups in total. The molecule has 6 nitrogen and oxygen atoms in total. The number of benzene rings is 1. The number of nitrogens with zero attached hydrogens (tertiary/aromatic N) is 5. The topological polar surface area (TPSA) is 63.9 Å². The molecule has 0 atom stereocenters. The van der Waals surface area contributed by atoms with Gasteiger partial charge in [0.25, 0.3) is 5.91 Å². The van der Waals surface area contributed by atoms with E-state index in [0.29, 0.717) is 12.2 Å². The van der Waals surface area contributed by atoms with E-state index in [9.17, 15) is 4.79 Å². The second-order valence-electron chi connectivity index (χ2n) is 4.88. The maximum absolute atomic E-state index is 12.4. The van der Waals surface area contributed by atoms with Gasteiger partial charge in [0.1, 0.15) is 0 Å². The van der Waals surface area contributed by atoms with Gasteiger partial charge in [-0.05, 0) is 23.8 Å². The molecule has 6 heteroatoms. The summed E-state index contributed by atoms with van der Waals surface area (Å²) in [7, 11) is 1.73. The molecule has 1 aromatic carbocycles. The number of carbonyl (C=O) groups excluding carboxylic acids is 1. The molecule has 0 saturated heterocycles. The highest BCUT2D eigenvalue weighted by molar-refractivity contribution is 5.91. The van der Waals surface area contributed by atoms with Crippen LogP contribution in [-0.4, -0.2) is 37.8 Å². The van der Waals surface area contributed by atoms with Gasteiger partial charge in [0.05, 0.1) is 11.9 Å². The lowest BCUT2D eigenvalue weighted by Crippen LogP contribution is -2.26. The molecule has 2 aromatic heterocycles. The summed E-state index contributed by atoms with van der Waals surface area (Å²) in [5.41, 5.74) is 2.10. The summed E-state index contributed by atoms with van der Waals surface area (Å²) in [4.78, 5) is 19.5. The molecule has 3 rings (SSSR count). The minimum absolute atomic E-state index is 0.175. The zero-order valence-electron chi connectivity index (χ0n) is 12.1. The number of carbonyl (C=O) groups is 1. The van der Waals surface area contributed by atoms with Crippen LogP contribution in [0.4, 0.5) is 0 Å². The first-order chi connectivity index (χ1) is 10.7. The number of rotatable bonds is 4. The predicted molar refractivity (Wildman–Crippen MR) is 81.4 cm³/mol. The maximum Gasteiger partial charge on any atom is 0.276 e. The third kappa shape index (κ3) is 3.01. The Bertz CT molecular complexity index is 754. The number of amides is 1. The van der Waals surface area contributed by atoms with E-state index in [4.69, 9.17) is 0 Å². The van der Waals surface area contributed by atoms with Crippen molar-refractivity contribution in [2.75, 3.05) is 7.05 Å². The molecule has 0 aliphatic rings. The third-order valence-corrected chi connectivity index (χ3v) is 3.19. The first kappa shape index (κ1) is 13.9. The molecule has 0 unspecified atom stereocenters. The summed E-state index contributed by atoms with van der Waals surface area (Å²) < 4.78 is 0. The lowest BCUT2D eigenvalue weighted by atomic mass is 10.2. The monoisotopic (exact) mass is 293 g/mol. The average Bonchev–Trinajstić information content (AvgIpc) is 3.06. The van der Waals surface area contributed by atoms with Crippen LogP contribution in [0.3, 0.4) is 0 Å². The van der Waals surface area contributed by atoms with Crippen LogP contribution in [0.15, 0.2) is 61.1 Å². The van der Waals surface area contributed by atoms with E-state index in [1.165, 1.54) is 11.0 Å². The molecule has 0 saturated carbocycles. The lowest BCUT2D eigenvalue weighted by Gasteiger charge is -2.15. The molecule has 0 bridgehead atoms. The fraction of sp³-hybridized carbons (Fsp3) is 0.125. The van der Waals surface area contributed by atoms with Crippen LogP contribution >= 0.6 is 0 Å². The molecule has 0 spiro atoms. The molecule has 0 aliphatic carbocycles. The first-order valence-corrected chi connectivity index (χ1v) is 6.86. The predicted octanol–water partition coefficient (Wildman–Crippen LogP) is 1.93. The zero-order chi connectivity index (χ0) is 15.4. The average molecular weight is 293 g/mol. The van der Waals surface area contributed by atoms with Crippen LogP contribution in [0, 0.1) is 0 Å². The van der Waals surface area contributed by atoms with Crippen molar-refractivity contribution in [1.82, 2.24) is 24.9 Å². The lowest BCUT2D eigenvalue weighted by molar-refractivity contribution is 0.0778. The maximum atomic E-state index is 12.4. The highest BCUT2D eigenvalue weighted by Gasteiger charge is 2.16. The van der Waals surface area contributed by atoms with Gasteiger partial charge in [-0.25, -0.2) is 0 Å². The Morgan fingerprint density at radius 1 is 1.14 bits per heavy atom. The van der Waals surface area contributed by atoms with Crippen molar-refractivity contribution in [1.29, 1.82) is 0 Å². The van der Waals surface area contributed by atoms with Crippen LogP contribution in [0.25, 0.3) is 5.69 Å². The van der Waals surface area contributed by atoms with Crippen LogP contribution in [-0.2, 0) is 6.54 Å². The summed E-state index contributed by atoms with van der Waals surface area (Å²) in [5.74, 6) is -0.175. The van der Waals surface area contributed by atoms with E-state index in [0.717, 1.165) is 11.3 Å². The van der Waals surface area contributed by atoms with Gasteiger partial charge in [0, 0.05) is 26.0 Å². The summed E-state index contributed by atoms with van der Waals surface area (Å²) in [6.45, 7) is 0.477. The van der Waals surface area contributed by atoms with Crippen molar-refractivity contribution in [2.45, 2.75) is 6.54 Å². The van der Waals surface area contributed by atoms with E-state index < -0.39 is 0 Å². The molecule has 22 heavy (non-hydrogen) atoms. The minimum atomic E-state index is -0.175. The standard InChI is InChI=1S/C16H15N5O/c1-20(12-13-6-5-9-17-10-13)16(22)15-11-18-21(19-15)14-7-3-2-4-8-14/h2-11H,12H2,1H3. The van der Waals surface area contributed by atoms with Crippen molar-refractivity contribution in [3.8, 4) is 5.69 Å². The number of hydrogen-bond donors (Lipinski definition) is 0. The first-order valence-electron chi connectivity index (χ1n) is 6.86. The molecule has 110 valence electrons. The number of aromatic nitrogens is 4. The molecule has 3 aromatic rings. The quantitative estimate of drug-likeness (QED) is 0.737. The molecule has 1 amide bonds. The van der Waals surface area contributed by atoms with E-state index in [2.05, 4.69) is 15.2 Å². The fourth-order valence-corrected chi connectivity index (χ4v) is 2.08. The second kappa shape index (κ2) is 6.17. The minimum Gasteiger partial charge on any atom is -0.336 e. The Morgan fingerprint density at radius 2 is 1.95 bits per heavy atom. The SMILES string of the molecule is CN(Cc1cccnc1)C(=O)c1cnn(-c2ccccc2)n1. The van der Waals surface area contributed by atoms with Crippen molar-refractivity contribution in [3.05, 3.63) is 72.3 Å². The van der Waals surface area contributed by atoms with Gasteiger partial charge in [0.2, 0.25) is 0 Å². The number of hydrogen-bond acceptors (Lipinski definition) is 4. The van der Waals surface area contributed by atoms with Gasteiger partial charge in [-0.15, -0.1) is 5.10 Å². The van der Waals surface area contributed by atoms with Crippen LogP contribution in [0.1, 0.15) is 16.1 Å². The van der Waals surface area contributed by atoms with Crippen LogP contribution in [0.5, 0.6) is 0 Å². The van der Waals surface area contributed by atoms with E-state index in [1.54, 1.807) is 24.3 Å². The highest BCUT2D eigenvalue weighted by atomic mass is 16.2. The van der Waals surface area contributed by atoms with Gasteiger partial charge in [-0.1, -0.05) is 24.3 Å². The van der Waals surface area contributed by atoms with E-state index >= 15 is 0 Å². The van der Waals surface area contributed by atoms with Gasteiger partial charge in [-0.2, -0.15) is 9.90 Å².